The minimum atomic E-state index is 0.109. The van der Waals surface area contributed by atoms with Crippen molar-refractivity contribution in [2.75, 3.05) is 24.2 Å². The molecule has 4 nitrogen and oxygen atoms in total. The standard InChI is InChI=1S/C12H18N2O2S/c1-2-10(15)12-9(13)6-11(17-12)14-7-8-4-3-5-16-8/h6,8,14H,2-5,7,13H2,1H3. The molecule has 1 aliphatic rings. The molecule has 1 aromatic rings. The van der Waals surface area contributed by atoms with E-state index in [1.807, 2.05) is 13.0 Å². The molecule has 94 valence electrons. The number of Topliss-reactive ketones (excluding diaryl/α,β-unsaturated/α-hetero) is 1. The van der Waals surface area contributed by atoms with Gasteiger partial charge in [-0.15, -0.1) is 11.3 Å². The minimum absolute atomic E-state index is 0.109. The van der Waals surface area contributed by atoms with Gasteiger partial charge >= 0.3 is 0 Å². The molecule has 1 aromatic heterocycles. The van der Waals surface area contributed by atoms with E-state index in [2.05, 4.69) is 5.32 Å². The fourth-order valence-electron chi connectivity index (χ4n) is 1.89. The van der Waals surface area contributed by atoms with Crippen LogP contribution in [-0.2, 0) is 4.74 Å². The summed E-state index contributed by atoms with van der Waals surface area (Å²) in [6, 6.07) is 1.84. The first-order chi connectivity index (χ1) is 8.20. The number of anilines is 2. The second-order valence-electron chi connectivity index (χ2n) is 4.19. The average Bonchev–Trinajstić information content (AvgIpc) is 2.94. The Hall–Kier alpha value is -1.07. The van der Waals surface area contributed by atoms with E-state index in [9.17, 15) is 4.79 Å². The van der Waals surface area contributed by atoms with E-state index in [0.717, 1.165) is 31.0 Å². The Kier molecular flexibility index (Phi) is 4.02. The predicted octanol–water partition coefficient (Wildman–Crippen LogP) is 2.51. The monoisotopic (exact) mass is 254 g/mol. The molecule has 3 N–H and O–H groups in total. The molecule has 2 rings (SSSR count). The number of ether oxygens (including phenoxy) is 1. The highest BCUT2D eigenvalue weighted by atomic mass is 32.1. The van der Waals surface area contributed by atoms with E-state index in [0.29, 0.717) is 23.1 Å². The van der Waals surface area contributed by atoms with Gasteiger partial charge in [-0.1, -0.05) is 6.92 Å². The van der Waals surface area contributed by atoms with E-state index in [4.69, 9.17) is 10.5 Å². The molecule has 1 aliphatic heterocycles. The van der Waals surface area contributed by atoms with E-state index < -0.39 is 0 Å². The van der Waals surface area contributed by atoms with Gasteiger partial charge in [-0.05, 0) is 18.9 Å². The number of nitrogens with two attached hydrogens (primary N) is 1. The van der Waals surface area contributed by atoms with Gasteiger partial charge in [0.25, 0.3) is 0 Å². The molecule has 0 saturated carbocycles. The Bertz CT molecular complexity index is 397. The quantitative estimate of drug-likeness (QED) is 0.792. The Balaban J connectivity index is 1.94. The first kappa shape index (κ1) is 12.4. The van der Waals surface area contributed by atoms with Crippen LogP contribution in [0.1, 0.15) is 35.9 Å². The van der Waals surface area contributed by atoms with Gasteiger partial charge in [0.15, 0.2) is 5.78 Å². The van der Waals surface area contributed by atoms with Gasteiger partial charge in [0.05, 0.1) is 21.7 Å². The molecule has 2 heterocycles. The first-order valence-electron chi connectivity index (χ1n) is 5.98. The van der Waals surface area contributed by atoms with Gasteiger partial charge in [0.2, 0.25) is 0 Å². The van der Waals surface area contributed by atoms with E-state index in [1.165, 1.54) is 11.3 Å². The molecular formula is C12H18N2O2S. The van der Waals surface area contributed by atoms with Crippen LogP contribution >= 0.6 is 11.3 Å². The van der Waals surface area contributed by atoms with Crippen molar-refractivity contribution < 1.29 is 9.53 Å². The lowest BCUT2D eigenvalue weighted by molar-refractivity contribution is 0.0993. The Labute approximate surface area is 105 Å². The summed E-state index contributed by atoms with van der Waals surface area (Å²) < 4.78 is 5.52. The number of ketones is 1. The summed E-state index contributed by atoms with van der Waals surface area (Å²) in [7, 11) is 0. The van der Waals surface area contributed by atoms with Crippen molar-refractivity contribution in [3.05, 3.63) is 10.9 Å². The molecule has 0 amide bonds. The van der Waals surface area contributed by atoms with Crippen LogP contribution in [0.15, 0.2) is 6.07 Å². The third kappa shape index (κ3) is 2.98. The number of carbonyl (C=O) groups excluding carboxylic acids is 1. The zero-order valence-corrected chi connectivity index (χ0v) is 10.8. The van der Waals surface area contributed by atoms with Gasteiger partial charge in [-0.3, -0.25) is 4.79 Å². The summed E-state index contributed by atoms with van der Waals surface area (Å²) in [6.07, 6.45) is 3.03. The number of carbonyl (C=O) groups is 1. The highest BCUT2D eigenvalue weighted by Gasteiger charge is 2.17. The highest BCUT2D eigenvalue weighted by molar-refractivity contribution is 7.18. The molecule has 1 saturated heterocycles. The largest absolute Gasteiger partial charge is 0.397 e. The number of nitrogen functional groups attached to an aromatic ring is 1. The summed E-state index contributed by atoms with van der Waals surface area (Å²) in [5.41, 5.74) is 6.40. The highest BCUT2D eigenvalue weighted by Crippen LogP contribution is 2.30. The van der Waals surface area contributed by atoms with Crippen LogP contribution in [0.3, 0.4) is 0 Å². The summed E-state index contributed by atoms with van der Waals surface area (Å²) in [6.45, 7) is 3.50. The molecule has 0 bridgehead atoms. The number of hydrogen-bond donors (Lipinski definition) is 2. The molecule has 1 atom stereocenters. The number of thiophene rings is 1. The second-order valence-corrected chi connectivity index (χ2v) is 5.24. The molecule has 0 aromatic carbocycles. The van der Waals surface area contributed by atoms with Crippen LogP contribution < -0.4 is 11.1 Å². The van der Waals surface area contributed by atoms with Gasteiger partial charge in [0, 0.05) is 19.6 Å². The average molecular weight is 254 g/mol. The minimum Gasteiger partial charge on any atom is -0.397 e. The van der Waals surface area contributed by atoms with Crippen LogP contribution in [0.2, 0.25) is 0 Å². The summed E-state index contributed by atoms with van der Waals surface area (Å²) in [4.78, 5) is 12.3. The molecule has 1 fully saturated rings. The van der Waals surface area contributed by atoms with Gasteiger partial charge in [0.1, 0.15) is 0 Å². The third-order valence-electron chi connectivity index (χ3n) is 2.86. The lowest BCUT2D eigenvalue weighted by Crippen LogP contribution is -2.17. The zero-order chi connectivity index (χ0) is 12.3. The van der Waals surface area contributed by atoms with Gasteiger partial charge in [-0.25, -0.2) is 0 Å². The summed E-state index contributed by atoms with van der Waals surface area (Å²) in [5, 5.41) is 4.24. The van der Waals surface area contributed by atoms with Crippen molar-refractivity contribution >= 4 is 27.8 Å². The molecule has 0 radical (unpaired) electrons. The maximum Gasteiger partial charge on any atom is 0.174 e. The fraction of sp³-hybridized carbons (Fsp3) is 0.583. The van der Waals surface area contributed by atoms with Crippen molar-refractivity contribution in [2.45, 2.75) is 32.3 Å². The van der Waals surface area contributed by atoms with E-state index in [1.54, 1.807) is 0 Å². The maximum absolute atomic E-state index is 11.6. The molecule has 1 unspecified atom stereocenters. The van der Waals surface area contributed by atoms with Crippen molar-refractivity contribution in [1.82, 2.24) is 0 Å². The molecule has 5 heteroatoms. The van der Waals surface area contributed by atoms with Crippen LogP contribution in [0, 0.1) is 0 Å². The second kappa shape index (κ2) is 5.51. The lowest BCUT2D eigenvalue weighted by Gasteiger charge is -2.09. The molecule has 0 spiro atoms. The van der Waals surface area contributed by atoms with Gasteiger partial charge in [-0.2, -0.15) is 0 Å². The van der Waals surface area contributed by atoms with Crippen LogP contribution in [-0.4, -0.2) is 25.0 Å². The lowest BCUT2D eigenvalue weighted by atomic mass is 10.2. The van der Waals surface area contributed by atoms with Gasteiger partial charge < -0.3 is 15.8 Å². The fourth-order valence-corrected chi connectivity index (χ4v) is 2.89. The van der Waals surface area contributed by atoms with Crippen molar-refractivity contribution in [2.24, 2.45) is 0 Å². The van der Waals surface area contributed by atoms with Crippen LogP contribution in [0.25, 0.3) is 0 Å². The number of hydrogen-bond acceptors (Lipinski definition) is 5. The topological polar surface area (TPSA) is 64.3 Å². The third-order valence-corrected chi connectivity index (χ3v) is 4.01. The van der Waals surface area contributed by atoms with Crippen molar-refractivity contribution in [1.29, 1.82) is 0 Å². The van der Waals surface area contributed by atoms with Crippen LogP contribution in [0.5, 0.6) is 0 Å². The predicted molar refractivity (Wildman–Crippen MR) is 70.8 cm³/mol. The Morgan fingerprint density at radius 1 is 1.71 bits per heavy atom. The van der Waals surface area contributed by atoms with Crippen molar-refractivity contribution in [3.63, 3.8) is 0 Å². The van der Waals surface area contributed by atoms with Crippen LogP contribution in [0.4, 0.5) is 10.7 Å². The van der Waals surface area contributed by atoms with E-state index in [-0.39, 0.29) is 5.78 Å². The molecule has 0 aliphatic carbocycles. The molecular weight excluding hydrogens is 236 g/mol. The summed E-state index contributed by atoms with van der Waals surface area (Å²) in [5.74, 6) is 0.109. The smallest absolute Gasteiger partial charge is 0.174 e. The number of nitrogens with one attached hydrogen (secondary N) is 1. The maximum atomic E-state index is 11.6. The van der Waals surface area contributed by atoms with Crippen molar-refractivity contribution in [3.8, 4) is 0 Å². The zero-order valence-electron chi connectivity index (χ0n) is 9.99. The Morgan fingerprint density at radius 2 is 2.53 bits per heavy atom. The SMILES string of the molecule is CCC(=O)c1sc(NCC2CCCO2)cc1N. The normalized spacial score (nSPS) is 19.5. The van der Waals surface area contributed by atoms with E-state index >= 15 is 0 Å². The number of rotatable bonds is 5. The first-order valence-corrected chi connectivity index (χ1v) is 6.80. The molecule has 17 heavy (non-hydrogen) atoms. The summed E-state index contributed by atoms with van der Waals surface area (Å²) >= 11 is 1.43. The Morgan fingerprint density at radius 3 is 3.18 bits per heavy atom.